The molecule has 0 bridgehead atoms. The van der Waals surface area contributed by atoms with Gasteiger partial charge in [-0.15, -0.1) is 11.3 Å². The molecule has 0 radical (unpaired) electrons. The van der Waals surface area contributed by atoms with Crippen LogP contribution in [-0.4, -0.2) is 40.8 Å². The van der Waals surface area contributed by atoms with E-state index in [4.69, 9.17) is 4.74 Å². The van der Waals surface area contributed by atoms with Gasteiger partial charge in [0.25, 0.3) is 0 Å². The smallest absolute Gasteiger partial charge is 0.250 e. The summed E-state index contributed by atoms with van der Waals surface area (Å²) < 4.78 is 32.7. The molecule has 7 heteroatoms. The van der Waals surface area contributed by atoms with Gasteiger partial charge < -0.3 is 10.1 Å². The number of aryl methyl sites for hydroxylation is 1. The van der Waals surface area contributed by atoms with E-state index >= 15 is 0 Å². The first-order valence-electron chi connectivity index (χ1n) is 6.96. The first-order chi connectivity index (χ1) is 9.58. The maximum Gasteiger partial charge on any atom is 0.250 e. The molecule has 2 N–H and O–H groups in total. The lowest BCUT2D eigenvalue weighted by atomic mass is 10.1. The normalized spacial score (nSPS) is 17.4. The lowest BCUT2D eigenvalue weighted by Gasteiger charge is -2.22. The maximum absolute atomic E-state index is 12.0. The number of hydrogen-bond acceptors (Lipinski definition) is 5. The highest BCUT2D eigenvalue weighted by Crippen LogP contribution is 2.20. The molecule has 5 nitrogen and oxygen atoms in total. The van der Waals surface area contributed by atoms with E-state index in [2.05, 4.69) is 10.0 Å². The van der Waals surface area contributed by atoms with E-state index < -0.39 is 10.0 Å². The van der Waals surface area contributed by atoms with E-state index in [0.717, 1.165) is 30.8 Å². The molecule has 1 aliphatic heterocycles. The van der Waals surface area contributed by atoms with Crippen LogP contribution in [0.5, 0.6) is 0 Å². The first-order valence-corrected chi connectivity index (χ1v) is 9.26. The summed E-state index contributed by atoms with van der Waals surface area (Å²) in [4.78, 5) is 1.000. The molecule has 0 aliphatic carbocycles. The van der Waals surface area contributed by atoms with Gasteiger partial charge in [-0.3, -0.25) is 0 Å². The molecular weight excluding hydrogens is 296 g/mol. The third kappa shape index (κ3) is 4.82. The highest BCUT2D eigenvalue weighted by Gasteiger charge is 2.16. The summed E-state index contributed by atoms with van der Waals surface area (Å²) in [6, 6.07) is 3.47. The Morgan fingerprint density at radius 1 is 1.40 bits per heavy atom. The SMILES string of the molecule is Cc1ccc(S(=O)(=O)NCCCOC2CCNCC2)s1. The lowest BCUT2D eigenvalue weighted by molar-refractivity contribution is 0.0322. The second-order valence-corrected chi connectivity index (χ2v) is 8.22. The summed E-state index contributed by atoms with van der Waals surface area (Å²) in [5.41, 5.74) is 0. The predicted molar refractivity (Wildman–Crippen MR) is 80.7 cm³/mol. The molecule has 0 saturated carbocycles. The van der Waals surface area contributed by atoms with Crippen molar-refractivity contribution in [2.75, 3.05) is 26.2 Å². The molecular formula is C13H22N2O3S2. The number of ether oxygens (including phenoxy) is 1. The van der Waals surface area contributed by atoms with Crippen LogP contribution >= 0.6 is 11.3 Å². The summed E-state index contributed by atoms with van der Waals surface area (Å²) in [5.74, 6) is 0. The van der Waals surface area contributed by atoms with Gasteiger partial charge >= 0.3 is 0 Å². The van der Waals surface area contributed by atoms with E-state index in [1.807, 2.05) is 13.0 Å². The molecule has 1 aliphatic rings. The fourth-order valence-electron chi connectivity index (χ4n) is 2.12. The van der Waals surface area contributed by atoms with Gasteiger partial charge in [0.2, 0.25) is 10.0 Å². The summed E-state index contributed by atoms with van der Waals surface area (Å²) in [7, 11) is -3.34. The van der Waals surface area contributed by atoms with Crippen molar-refractivity contribution < 1.29 is 13.2 Å². The first kappa shape index (κ1) is 15.9. The molecule has 0 atom stereocenters. The van der Waals surface area contributed by atoms with Crippen molar-refractivity contribution in [3.8, 4) is 0 Å². The van der Waals surface area contributed by atoms with Gasteiger partial charge in [-0.05, 0) is 51.4 Å². The van der Waals surface area contributed by atoms with Crippen molar-refractivity contribution in [3.63, 3.8) is 0 Å². The number of piperidine rings is 1. The number of thiophene rings is 1. The Morgan fingerprint density at radius 3 is 2.80 bits per heavy atom. The second-order valence-electron chi connectivity index (χ2n) is 4.94. The average Bonchev–Trinajstić information content (AvgIpc) is 2.87. The van der Waals surface area contributed by atoms with Crippen LogP contribution < -0.4 is 10.0 Å². The Hall–Kier alpha value is -0.470. The van der Waals surface area contributed by atoms with Gasteiger partial charge in [0.15, 0.2) is 0 Å². The molecule has 1 fully saturated rings. The molecule has 0 amide bonds. The van der Waals surface area contributed by atoms with Crippen molar-refractivity contribution in [2.45, 2.75) is 36.5 Å². The Morgan fingerprint density at radius 2 is 2.15 bits per heavy atom. The Kier molecular flexibility index (Phi) is 5.98. The van der Waals surface area contributed by atoms with E-state index in [1.54, 1.807) is 6.07 Å². The topological polar surface area (TPSA) is 67.4 Å². The molecule has 1 aromatic rings. The van der Waals surface area contributed by atoms with Gasteiger partial charge in [0.05, 0.1) is 6.10 Å². The van der Waals surface area contributed by atoms with Crippen molar-refractivity contribution >= 4 is 21.4 Å². The van der Waals surface area contributed by atoms with Crippen molar-refractivity contribution in [3.05, 3.63) is 17.0 Å². The molecule has 2 rings (SSSR count). The largest absolute Gasteiger partial charge is 0.378 e. The number of rotatable bonds is 7. The Labute approximate surface area is 124 Å². The summed E-state index contributed by atoms with van der Waals surface area (Å²) >= 11 is 1.29. The van der Waals surface area contributed by atoms with Crippen LogP contribution in [0.2, 0.25) is 0 Å². The lowest BCUT2D eigenvalue weighted by Crippen LogP contribution is -2.33. The quantitative estimate of drug-likeness (QED) is 0.748. The Bertz CT molecular complexity index is 507. The minimum absolute atomic E-state index is 0.327. The molecule has 1 aromatic heterocycles. The van der Waals surface area contributed by atoms with Crippen molar-refractivity contribution in [1.29, 1.82) is 0 Å². The maximum atomic E-state index is 12.0. The molecule has 0 spiro atoms. The monoisotopic (exact) mass is 318 g/mol. The van der Waals surface area contributed by atoms with Gasteiger partial charge in [0, 0.05) is 18.0 Å². The van der Waals surface area contributed by atoms with Crippen LogP contribution in [0.4, 0.5) is 0 Å². The second kappa shape index (κ2) is 7.51. The van der Waals surface area contributed by atoms with Gasteiger partial charge in [0.1, 0.15) is 4.21 Å². The highest BCUT2D eigenvalue weighted by atomic mass is 32.2. The fraction of sp³-hybridized carbons (Fsp3) is 0.692. The number of nitrogens with one attached hydrogen (secondary N) is 2. The standard InChI is InChI=1S/C13H22N2O3S2/c1-11-3-4-13(19-11)20(16,17)15-7-2-10-18-12-5-8-14-9-6-12/h3-4,12,14-15H,2,5-10H2,1H3. The van der Waals surface area contributed by atoms with Crippen molar-refractivity contribution in [2.24, 2.45) is 0 Å². The average molecular weight is 318 g/mol. The van der Waals surface area contributed by atoms with E-state index in [1.165, 1.54) is 11.3 Å². The van der Waals surface area contributed by atoms with Crippen LogP contribution in [0.1, 0.15) is 24.1 Å². The summed E-state index contributed by atoms with van der Waals surface area (Å²) in [5, 5.41) is 3.29. The molecule has 0 aromatic carbocycles. The van der Waals surface area contributed by atoms with E-state index in [-0.39, 0.29) is 0 Å². The van der Waals surface area contributed by atoms with Crippen LogP contribution in [-0.2, 0) is 14.8 Å². The third-order valence-electron chi connectivity index (χ3n) is 3.23. The molecule has 114 valence electrons. The third-order valence-corrected chi connectivity index (χ3v) is 6.19. The van der Waals surface area contributed by atoms with Gasteiger partial charge in [-0.25, -0.2) is 13.1 Å². The van der Waals surface area contributed by atoms with Crippen LogP contribution in [0.3, 0.4) is 0 Å². The molecule has 0 unspecified atom stereocenters. The van der Waals surface area contributed by atoms with Crippen LogP contribution in [0, 0.1) is 6.92 Å². The van der Waals surface area contributed by atoms with Crippen molar-refractivity contribution in [1.82, 2.24) is 10.0 Å². The predicted octanol–water partition coefficient (Wildman–Crippen LogP) is 1.49. The zero-order chi connectivity index (χ0) is 14.4. The zero-order valence-corrected chi connectivity index (χ0v) is 13.4. The number of hydrogen-bond donors (Lipinski definition) is 2. The van der Waals surface area contributed by atoms with Gasteiger partial charge in [-0.1, -0.05) is 0 Å². The molecule has 1 saturated heterocycles. The number of sulfonamides is 1. The zero-order valence-electron chi connectivity index (χ0n) is 11.7. The van der Waals surface area contributed by atoms with E-state index in [0.29, 0.717) is 29.9 Å². The molecule has 2 heterocycles. The van der Waals surface area contributed by atoms with E-state index in [9.17, 15) is 8.42 Å². The summed E-state index contributed by atoms with van der Waals surface area (Å²) in [6.07, 6.45) is 3.11. The summed E-state index contributed by atoms with van der Waals surface area (Å²) in [6.45, 7) is 4.95. The molecule has 20 heavy (non-hydrogen) atoms. The Balaban J connectivity index is 1.65. The van der Waals surface area contributed by atoms with Gasteiger partial charge in [-0.2, -0.15) is 0 Å². The minimum Gasteiger partial charge on any atom is -0.378 e. The van der Waals surface area contributed by atoms with Crippen LogP contribution in [0.15, 0.2) is 16.3 Å². The fourth-order valence-corrected chi connectivity index (χ4v) is 4.52. The minimum atomic E-state index is -3.34. The highest BCUT2D eigenvalue weighted by molar-refractivity contribution is 7.91. The van der Waals surface area contributed by atoms with Crippen LogP contribution in [0.25, 0.3) is 0 Å².